The predicted molar refractivity (Wildman–Crippen MR) is 40.9 cm³/mol. The van der Waals surface area contributed by atoms with Crippen LogP contribution < -0.4 is 10.9 Å². The first-order valence-corrected chi connectivity index (χ1v) is 3.63. The van der Waals surface area contributed by atoms with E-state index in [2.05, 4.69) is 15.6 Å². The summed E-state index contributed by atoms with van der Waals surface area (Å²) in [6, 6.07) is 2.54. The second kappa shape index (κ2) is 3.00. The van der Waals surface area contributed by atoms with Crippen molar-refractivity contribution < 1.29 is 18.9 Å². The number of nitro groups is 1. The van der Waals surface area contributed by atoms with Gasteiger partial charge in [0.05, 0.1) is 6.07 Å². The molecule has 1 amide bonds. The summed E-state index contributed by atoms with van der Waals surface area (Å²) in [7, 11) is 0. The van der Waals surface area contributed by atoms with Gasteiger partial charge in [0.2, 0.25) is 6.23 Å². The number of carbonyl (C=O) groups is 1. The third-order valence-electron chi connectivity index (χ3n) is 1.58. The molecule has 1 aliphatic heterocycles. The Kier molecular flexibility index (Phi) is 1.82. The highest BCUT2D eigenvalue weighted by atomic mass is 16.7. The molecule has 1 unspecified atom stereocenters. The van der Waals surface area contributed by atoms with E-state index in [1.54, 1.807) is 0 Å². The number of cyclic esters (lactones) is 1. The molecule has 1 aromatic heterocycles. The number of nitrogens with zero attached hydrogens (tertiary/aromatic N) is 1. The van der Waals surface area contributed by atoms with Crippen LogP contribution in [0.3, 0.4) is 0 Å². The molecule has 0 radical (unpaired) electrons. The third-order valence-corrected chi connectivity index (χ3v) is 1.58. The summed E-state index contributed by atoms with van der Waals surface area (Å²) in [6.07, 6.45) is -1.48. The van der Waals surface area contributed by atoms with Gasteiger partial charge in [-0.1, -0.05) is 0 Å². The molecule has 0 aliphatic carbocycles. The van der Waals surface area contributed by atoms with Crippen molar-refractivity contribution in [1.82, 2.24) is 10.9 Å². The second-order valence-electron chi connectivity index (χ2n) is 2.49. The van der Waals surface area contributed by atoms with Gasteiger partial charge in [-0.05, 0) is 6.07 Å². The second-order valence-corrected chi connectivity index (χ2v) is 2.49. The quantitative estimate of drug-likeness (QED) is 0.528. The minimum absolute atomic E-state index is 0.162. The molecule has 8 nitrogen and oxygen atoms in total. The summed E-state index contributed by atoms with van der Waals surface area (Å²) >= 11 is 0. The van der Waals surface area contributed by atoms with Crippen LogP contribution in [0.25, 0.3) is 0 Å². The van der Waals surface area contributed by atoms with E-state index in [9.17, 15) is 14.9 Å². The van der Waals surface area contributed by atoms with Crippen LogP contribution in [0, 0.1) is 10.1 Å². The molecule has 1 atom stereocenters. The minimum atomic E-state index is -0.823. The summed E-state index contributed by atoms with van der Waals surface area (Å²) in [5.41, 5.74) is 4.60. The molecule has 2 heterocycles. The fourth-order valence-corrected chi connectivity index (χ4v) is 1.00. The highest BCUT2D eigenvalue weighted by molar-refractivity contribution is 5.68. The van der Waals surface area contributed by atoms with Crippen molar-refractivity contribution in [2.45, 2.75) is 6.23 Å². The van der Waals surface area contributed by atoms with E-state index in [0.717, 1.165) is 0 Å². The molecule has 8 heteroatoms. The van der Waals surface area contributed by atoms with Gasteiger partial charge in [0.25, 0.3) is 0 Å². The molecular formula is C6H5N3O5. The molecule has 2 N–H and O–H groups in total. The van der Waals surface area contributed by atoms with E-state index in [4.69, 9.17) is 4.42 Å². The molecule has 0 saturated carbocycles. The zero-order valence-corrected chi connectivity index (χ0v) is 6.72. The third kappa shape index (κ3) is 1.38. The Morgan fingerprint density at radius 3 is 2.79 bits per heavy atom. The van der Waals surface area contributed by atoms with E-state index in [1.165, 1.54) is 12.1 Å². The molecule has 74 valence electrons. The van der Waals surface area contributed by atoms with Gasteiger partial charge < -0.3 is 9.15 Å². The first-order valence-electron chi connectivity index (χ1n) is 3.63. The number of carbonyl (C=O) groups excluding carboxylic acids is 1. The van der Waals surface area contributed by atoms with Crippen molar-refractivity contribution in [2.75, 3.05) is 0 Å². The van der Waals surface area contributed by atoms with Crippen LogP contribution in [0.1, 0.15) is 12.0 Å². The monoisotopic (exact) mass is 199 g/mol. The average molecular weight is 199 g/mol. The number of hydrazine groups is 1. The summed E-state index contributed by atoms with van der Waals surface area (Å²) in [5, 5.41) is 10.3. The summed E-state index contributed by atoms with van der Waals surface area (Å²) < 4.78 is 9.46. The molecule has 1 fully saturated rings. The molecule has 0 bridgehead atoms. The Labute approximate surface area is 76.9 Å². The van der Waals surface area contributed by atoms with E-state index in [0.29, 0.717) is 0 Å². The lowest BCUT2D eigenvalue weighted by atomic mass is 10.4. The SMILES string of the molecule is O=C1NNC(c2ccc([N+](=O)[O-])o2)O1. The van der Waals surface area contributed by atoms with Crippen LogP contribution in [-0.4, -0.2) is 11.0 Å². The lowest BCUT2D eigenvalue weighted by Crippen LogP contribution is -2.26. The molecule has 0 spiro atoms. The maximum atomic E-state index is 10.6. The van der Waals surface area contributed by atoms with E-state index in [1.807, 2.05) is 0 Å². The Bertz CT molecular complexity index is 387. The highest BCUT2D eigenvalue weighted by Crippen LogP contribution is 2.23. The fourth-order valence-electron chi connectivity index (χ4n) is 1.00. The van der Waals surface area contributed by atoms with Gasteiger partial charge in [0.1, 0.15) is 4.92 Å². The molecule has 2 rings (SSSR count). The van der Waals surface area contributed by atoms with Crippen LogP contribution >= 0.6 is 0 Å². The van der Waals surface area contributed by atoms with Crippen molar-refractivity contribution >= 4 is 12.0 Å². The zero-order valence-electron chi connectivity index (χ0n) is 6.72. The number of rotatable bonds is 2. The first kappa shape index (κ1) is 8.51. The topological polar surface area (TPSA) is 107 Å². The number of hydrogen-bond donors (Lipinski definition) is 2. The molecule has 1 saturated heterocycles. The largest absolute Gasteiger partial charge is 0.433 e. The maximum Gasteiger partial charge on any atom is 0.433 e. The Morgan fingerprint density at radius 2 is 2.29 bits per heavy atom. The zero-order chi connectivity index (χ0) is 10.1. The number of hydrogen-bond acceptors (Lipinski definition) is 6. The summed E-state index contributed by atoms with van der Waals surface area (Å²) in [5.74, 6) is -0.236. The predicted octanol–water partition coefficient (Wildman–Crippen LogP) is 0.431. The van der Waals surface area contributed by atoms with Crippen LogP contribution in [0.5, 0.6) is 0 Å². The Morgan fingerprint density at radius 1 is 1.50 bits per heavy atom. The standard InChI is InChI=1S/C6H5N3O5/c10-6-8-7-5(14-6)3-1-2-4(13-3)9(11)12/h1-2,5,7H,(H,8,10). The smallest absolute Gasteiger partial charge is 0.420 e. The van der Waals surface area contributed by atoms with Crippen LogP contribution in [0.4, 0.5) is 10.7 Å². The average Bonchev–Trinajstić information content (AvgIpc) is 2.70. The van der Waals surface area contributed by atoms with Crippen LogP contribution in [-0.2, 0) is 4.74 Å². The van der Waals surface area contributed by atoms with E-state index in [-0.39, 0.29) is 5.76 Å². The lowest BCUT2D eigenvalue weighted by molar-refractivity contribution is -0.402. The number of ether oxygens (including phenoxy) is 1. The van der Waals surface area contributed by atoms with Crippen molar-refractivity contribution in [3.63, 3.8) is 0 Å². The van der Waals surface area contributed by atoms with Gasteiger partial charge in [-0.25, -0.2) is 4.79 Å². The van der Waals surface area contributed by atoms with Crippen molar-refractivity contribution in [1.29, 1.82) is 0 Å². The molecule has 1 aromatic rings. The minimum Gasteiger partial charge on any atom is -0.420 e. The fraction of sp³-hybridized carbons (Fsp3) is 0.167. The van der Waals surface area contributed by atoms with E-state index < -0.39 is 23.1 Å². The van der Waals surface area contributed by atoms with Gasteiger partial charge in [0.15, 0.2) is 5.76 Å². The van der Waals surface area contributed by atoms with Gasteiger partial charge in [0, 0.05) is 0 Å². The van der Waals surface area contributed by atoms with Crippen LogP contribution in [0.15, 0.2) is 16.5 Å². The van der Waals surface area contributed by atoms with Crippen molar-refractivity contribution in [2.24, 2.45) is 0 Å². The van der Waals surface area contributed by atoms with Gasteiger partial charge in [-0.3, -0.25) is 15.5 Å². The summed E-state index contributed by atoms with van der Waals surface area (Å²) in [6.45, 7) is 0. The molecule has 14 heavy (non-hydrogen) atoms. The van der Waals surface area contributed by atoms with Crippen LogP contribution in [0.2, 0.25) is 0 Å². The molecular weight excluding hydrogens is 194 g/mol. The first-order chi connectivity index (χ1) is 6.66. The highest BCUT2D eigenvalue weighted by Gasteiger charge is 2.28. The Balaban J connectivity index is 2.17. The Hall–Kier alpha value is -2.09. The normalized spacial score (nSPS) is 20.3. The van der Waals surface area contributed by atoms with Crippen molar-refractivity contribution in [3.05, 3.63) is 28.0 Å². The van der Waals surface area contributed by atoms with Gasteiger partial charge in [-0.15, -0.1) is 0 Å². The molecule has 0 aromatic carbocycles. The number of amides is 1. The number of furan rings is 1. The maximum absolute atomic E-state index is 10.6. The van der Waals surface area contributed by atoms with Crippen molar-refractivity contribution in [3.8, 4) is 0 Å². The molecule has 1 aliphatic rings. The van der Waals surface area contributed by atoms with Gasteiger partial charge >= 0.3 is 12.0 Å². The number of nitrogens with one attached hydrogen (secondary N) is 2. The lowest BCUT2D eigenvalue weighted by Gasteiger charge is -2.01. The summed E-state index contributed by atoms with van der Waals surface area (Å²) in [4.78, 5) is 20.2. The van der Waals surface area contributed by atoms with Gasteiger partial charge in [-0.2, -0.15) is 5.43 Å². The van der Waals surface area contributed by atoms with E-state index >= 15 is 0 Å².